The number of benzene rings is 1. The van der Waals surface area contributed by atoms with Crippen molar-refractivity contribution >= 4 is 0 Å². The first-order valence-electron chi connectivity index (χ1n) is 7.58. The van der Waals surface area contributed by atoms with E-state index in [0.717, 1.165) is 43.2 Å². The molecule has 1 unspecified atom stereocenters. The Kier molecular flexibility index (Phi) is 8.12. The Hall–Kier alpha value is -1.30. The van der Waals surface area contributed by atoms with Gasteiger partial charge in [-0.2, -0.15) is 0 Å². The summed E-state index contributed by atoms with van der Waals surface area (Å²) < 4.78 is 10.8. The fourth-order valence-corrected chi connectivity index (χ4v) is 2.44. The molecule has 120 valence electrons. The highest BCUT2D eigenvalue weighted by Crippen LogP contribution is 2.34. The van der Waals surface area contributed by atoms with Crippen LogP contribution in [0.2, 0.25) is 0 Å². The summed E-state index contributed by atoms with van der Waals surface area (Å²) in [4.78, 5) is 2.38. The third-order valence-electron chi connectivity index (χ3n) is 3.76. The third-order valence-corrected chi connectivity index (χ3v) is 3.76. The normalized spacial score (nSPS) is 12.5. The van der Waals surface area contributed by atoms with Crippen molar-refractivity contribution < 1.29 is 9.47 Å². The fraction of sp³-hybridized carbons (Fsp3) is 0.625. The van der Waals surface area contributed by atoms with Gasteiger partial charge in [-0.05, 0) is 19.2 Å². The molecule has 0 saturated heterocycles. The van der Waals surface area contributed by atoms with Crippen molar-refractivity contribution in [1.29, 1.82) is 0 Å². The summed E-state index contributed by atoms with van der Waals surface area (Å²) in [5, 5.41) is 3.51. The van der Waals surface area contributed by atoms with Crippen molar-refractivity contribution in [3.05, 3.63) is 23.8 Å². The Labute approximate surface area is 128 Å². The quantitative estimate of drug-likeness (QED) is 0.687. The molecule has 0 aliphatic carbocycles. The van der Waals surface area contributed by atoms with E-state index in [1.54, 1.807) is 14.2 Å². The average Bonchev–Trinajstić information content (AvgIpc) is 2.54. The molecule has 0 bridgehead atoms. The number of hydrogen-bond donors (Lipinski definition) is 2. The van der Waals surface area contributed by atoms with Crippen LogP contribution in [0.4, 0.5) is 0 Å². The van der Waals surface area contributed by atoms with Crippen molar-refractivity contribution in [3.8, 4) is 11.5 Å². The monoisotopic (exact) mass is 295 g/mol. The summed E-state index contributed by atoms with van der Waals surface area (Å²) in [6.45, 7) is 8.90. The molecule has 3 N–H and O–H groups in total. The number of nitrogens with one attached hydrogen (secondary N) is 1. The molecule has 0 aromatic heterocycles. The summed E-state index contributed by atoms with van der Waals surface area (Å²) in [6.07, 6.45) is 0. The minimum absolute atomic E-state index is 0.0608. The highest BCUT2D eigenvalue weighted by Gasteiger charge is 2.17. The third kappa shape index (κ3) is 4.88. The van der Waals surface area contributed by atoms with Crippen LogP contribution in [0.15, 0.2) is 18.2 Å². The number of para-hydroxylation sites is 1. The molecule has 1 rings (SSSR count). The Morgan fingerprint density at radius 1 is 1.19 bits per heavy atom. The lowest BCUT2D eigenvalue weighted by atomic mass is 10.0. The lowest BCUT2D eigenvalue weighted by Gasteiger charge is -2.23. The Bertz CT molecular complexity index is 409. The number of hydrogen-bond acceptors (Lipinski definition) is 5. The first-order chi connectivity index (χ1) is 10.2. The number of likely N-dealkylation sites (N-methyl/N-ethyl adjacent to an activating group) is 1. The first kappa shape index (κ1) is 17.8. The van der Waals surface area contributed by atoms with Crippen LogP contribution >= 0.6 is 0 Å². The molecule has 1 atom stereocenters. The summed E-state index contributed by atoms with van der Waals surface area (Å²) in [7, 11) is 3.30. The highest BCUT2D eigenvalue weighted by atomic mass is 16.5. The van der Waals surface area contributed by atoms with Gasteiger partial charge in [0.05, 0.1) is 14.2 Å². The van der Waals surface area contributed by atoms with Gasteiger partial charge in [0, 0.05) is 31.2 Å². The molecule has 1 aromatic rings. The Morgan fingerprint density at radius 3 is 2.43 bits per heavy atom. The number of methoxy groups -OCH3 is 2. The van der Waals surface area contributed by atoms with Crippen LogP contribution < -0.4 is 20.5 Å². The Morgan fingerprint density at radius 2 is 1.90 bits per heavy atom. The van der Waals surface area contributed by atoms with Crippen LogP contribution in [-0.2, 0) is 0 Å². The average molecular weight is 295 g/mol. The van der Waals surface area contributed by atoms with Gasteiger partial charge < -0.3 is 25.4 Å². The van der Waals surface area contributed by atoms with Gasteiger partial charge in [-0.3, -0.25) is 0 Å². The predicted octanol–water partition coefficient (Wildman–Crippen LogP) is 1.64. The molecule has 0 aliphatic heterocycles. The molecule has 5 heteroatoms. The summed E-state index contributed by atoms with van der Waals surface area (Å²) >= 11 is 0. The number of ether oxygens (including phenoxy) is 2. The number of nitrogens with zero attached hydrogens (tertiary/aromatic N) is 1. The molecule has 0 fully saturated rings. The summed E-state index contributed by atoms with van der Waals surface area (Å²) in [5.74, 6) is 1.49. The van der Waals surface area contributed by atoms with Crippen molar-refractivity contribution in [1.82, 2.24) is 10.2 Å². The lowest BCUT2D eigenvalue weighted by Crippen LogP contribution is -2.36. The minimum atomic E-state index is 0.0608. The van der Waals surface area contributed by atoms with Crippen LogP contribution in [0.25, 0.3) is 0 Å². The van der Waals surface area contributed by atoms with Crippen LogP contribution in [0, 0.1) is 0 Å². The lowest BCUT2D eigenvalue weighted by molar-refractivity contribution is 0.295. The van der Waals surface area contributed by atoms with Crippen molar-refractivity contribution in [2.45, 2.75) is 19.9 Å². The van der Waals surface area contributed by atoms with E-state index in [4.69, 9.17) is 15.2 Å². The second-order valence-corrected chi connectivity index (χ2v) is 4.85. The van der Waals surface area contributed by atoms with Crippen molar-refractivity contribution in [2.75, 3.05) is 46.9 Å². The van der Waals surface area contributed by atoms with Gasteiger partial charge in [-0.1, -0.05) is 26.0 Å². The zero-order valence-electron chi connectivity index (χ0n) is 13.7. The van der Waals surface area contributed by atoms with Crippen LogP contribution in [0.1, 0.15) is 25.5 Å². The molecule has 0 amide bonds. The maximum atomic E-state index is 5.93. The second-order valence-electron chi connectivity index (χ2n) is 4.85. The zero-order valence-corrected chi connectivity index (χ0v) is 13.7. The Balaban J connectivity index is 2.76. The molecular formula is C16H29N3O2. The van der Waals surface area contributed by atoms with Crippen LogP contribution in [0.5, 0.6) is 11.5 Å². The van der Waals surface area contributed by atoms with E-state index in [1.165, 1.54) is 0 Å². The van der Waals surface area contributed by atoms with E-state index in [2.05, 4.69) is 24.1 Å². The molecular weight excluding hydrogens is 266 g/mol. The van der Waals surface area contributed by atoms with Gasteiger partial charge in [-0.25, -0.2) is 0 Å². The zero-order chi connectivity index (χ0) is 15.7. The topological polar surface area (TPSA) is 59.8 Å². The van der Waals surface area contributed by atoms with E-state index in [0.29, 0.717) is 6.54 Å². The maximum Gasteiger partial charge on any atom is 0.165 e. The molecule has 0 heterocycles. The first-order valence-corrected chi connectivity index (χ1v) is 7.58. The highest BCUT2D eigenvalue weighted by molar-refractivity contribution is 5.48. The minimum Gasteiger partial charge on any atom is -0.493 e. The van der Waals surface area contributed by atoms with Crippen molar-refractivity contribution in [2.24, 2.45) is 5.73 Å². The van der Waals surface area contributed by atoms with Gasteiger partial charge in [0.15, 0.2) is 11.5 Å². The van der Waals surface area contributed by atoms with Gasteiger partial charge >= 0.3 is 0 Å². The van der Waals surface area contributed by atoms with Gasteiger partial charge in [0.25, 0.3) is 0 Å². The van der Waals surface area contributed by atoms with E-state index in [-0.39, 0.29) is 6.04 Å². The number of nitrogens with two attached hydrogens (primary N) is 1. The SMILES string of the molecule is CCN(CC)CCNC(CN)c1cccc(OC)c1OC. The van der Waals surface area contributed by atoms with Gasteiger partial charge in [0.2, 0.25) is 0 Å². The summed E-state index contributed by atoms with van der Waals surface area (Å²) in [5.41, 5.74) is 6.97. The van der Waals surface area contributed by atoms with Gasteiger partial charge in [-0.15, -0.1) is 0 Å². The fourth-order valence-electron chi connectivity index (χ4n) is 2.44. The van der Waals surface area contributed by atoms with Gasteiger partial charge in [0.1, 0.15) is 0 Å². The molecule has 0 saturated carbocycles. The van der Waals surface area contributed by atoms with E-state index in [9.17, 15) is 0 Å². The van der Waals surface area contributed by atoms with E-state index >= 15 is 0 Å². The maximum absolute atomic E-state index is 5.93. The standard InChI is InChI=1S/C16H29N3O2/c1-5-19(6-2)11-10-18-14(12-17)13-8-7-9-15(20-3)16(13)21-4/h7-9,14,18H,5-6,10-12,17H2,1-4H3. The smallest absolute Gasteiger partial charge is 0.165 e. The van der Waals surface area contributed by atoms with E-state index in [1.807, 2.05) is 18.2 Å². The number of rotatable bonds is 10. The van der Waals surface area contributed by atoms with Crippen LogP contribution in [-0.4, -0.2) is 51.8 Å². The molecule has 1 aromatic carbocycles. The molecule has 5 nitrogen and oxygen atoms in total. The molecule has 0 radical (unpaired) electrons. The molecule has 0 aliphatic rings. The predicted molar refractivity (Wildman–Crippen MR) is 87.1 cm³/mol. The second kappa shape index (κ2) is 9.60. The largest absolute Gasteiger partial charge is 0.493 e. The molecule has 21 heavy (non-hydrogen) atoms. The van der Waals surface area contributed by atoms with E-state index < -0.39 is 0 Å². The molecule has 0 spiro atoms. The van der Waals surface area contributed by atoms with Crippen molar-refractivity contribution in [3.63, 3.8) is 0 Å². The summed E-state index contributed by atoms with van der Waals surface area (Å²) in [6, 6.07) is 5.95. The van der Waals surface area contributed by atoms with Crippen LogP contribution in [0.3, 0.4) is 0 Å².